The first kappa shape index (κ1) is 18.5. The van der Waals surface area contributed by atoms with Gasteiger partial charge >= 0.3 is 0 Å². The van der Waals surface area contributed by atoms with Crippen molar-refractivity contribution in [1.29, 1.82) is 0 Å². The lowest BCUT2D eigenvalue weighted by Gasteiger charge is -2.17. The van der Waals surface area contributed by atoms with Crippen LogP contribution >= 0.6 is 0 Å². The first-order valence-corrected chi connectivity index (χ1v) is 7.78. The van der Waals surface area contributed by atoms with Crippen LogP contribution in [0, 0.1) is 11.6 Å². The average molecular weight is 351 g/mol. The van der Waals surface area contributed by atoms with Crippen molar-refractivity contribution in [2.75, 3.05) is 0 Å². The Morgan fingerprint density at radius 1 is 1.36 bits per heavy atom. The van der Waals surface area contributed by atoms with Gasteiger partial charge in [0.15, 0.2) is 17.5 Å². The number of rotatable bonds is 7. The molecular weight excluding hydrogens is 332 g/mol. The number of hydrogen-bond acceptors (Lipinski definition) is 4. The Bertz CT molecular complexity index is 791. The fourth-order valence-electron chi connectivity index (χ4n) is 2.46. The van der Waals surface area contributed by atoms with Gasteiger partial charge < -0.3 is 11.1 Å². The molecule has 2 rings (SSSR count). The number of hydrogen-bond donors (Lipinski definition) is 2. The van der Waals surface area contributed by atoms with Crippen molar-refractivity contribution in [2.45, 2.75) is 39.2 Å². The number of carbonyl (C=O) groups excluding carboxylic acids is 2. The van der Waals surface area contributed by atoms with E-state index in [1.165, 1.54) is 17.7 Å². The lowest BCUT2D eigenvalue weighted by Crippen LogP contribution is -2.28. The summed E-state index contributed by atoms with van der Waals surface area (Å²) in [6.45, 7) is 3.27. The van der Waals surface area contributed by atoms with Crippen LogP contribution in [0.25, 0.3) is 5.69 Å². The van der Waals surface area contributed by atoms with E-state index in [1.807, 2.05) is 6.92 Å². The monoisotopic (exact) mass is 351 g/mol. The lowest BCUT2D eigenvalue weighted by molar-refractivity contribution is -0.120. The maximum atomic E-state index is 14.2. The zero-order valence-corrected chi connectivity index (χ0v) is 13.9. The summed E-state index contributed by atoms with van der Waals surface area (Å²) in [5.41, 5.74) is 5.13. The summed E-state index contributed by atoms with van der Waals surface area (Å²) in [4.78, 5) is 26.9. The third-order valence-electron chi connectivity index (χ3n) is 3.41. The molecule has 0 bridgehead atoms. The van der Waals surface area contributed by atoms with Gasteiger partial charge in [-0.05, 0) is 18.6 Å². The van der Waals surface area contributed by atoms with Crippen LogP contribution in [0.15, 0.2) is 18.2 Å². The summed E-state index contributed by atoms with van der Waals surface area (Å²) in [6.07, 6.45) is 1.01. The van der Waals surface area contributed by atoms with Crippen molar-refractivity contribution in [3.8, 4) is 5.69 Å². The standard InChI is InChI=1S/C16H19F2N5O2/c1-3-4-12(20-9(2)24)16-21-15(8-14(19)25)22-23(16)13-6-5-10(17)7-11(13)18/h5-7,12H,3-4,8H2,1-2H3,(H2,19,25)(H,20,24)/t12-/m0/s1. The highest BCUT2D eigenvalue weighted by Crippen LogP contribution is 2.23. The van der Waals surface area contributed by atoms with Gasteiger partial charge in [0.2, 0.25) is 11.8 Å². The van der Waals surface area contributed by atoms with E-state index in [9.17, 15) is 18.4 Å². The molecule has 0 aliphatic rings. The number of aromatic nitrogens is 3. The molecule has 2 aromatic rings. The number of nitrogens with two attached hydrogens (primary N) is 1. The van der Waals surface area contributed by atoms with Crippen LogP contribution in [0.2, 0.25) is 0 Å². The molecule has 0 aliphatic heterocycles. The molecule has 0 saturated heterocycles. The Kier molecular flexibility index (Phi) is 5.79. The fraction of sp³-hybridized carbons (Fsp3) is 0.375. The van der Waals surface area contributed by atoms with E-state index < -0.39 is 23.6 Å². The molecule has 9 heteroatoms. The zero-order chi connectivity index (χ0) is 18.6. The van der Waals surface area contributed by atoms with Crippen molar-refractivity contribution < 1.29 is 18.4 Å². The van der Waals surface area contributed by atoms with Crippen LogP contribution in [-0.2, 0) is 16.0 Å². The Balaban J connectivity index is 2.57. The van der Waals surface area contributed by atoms with E-state index >= 15 is 0 Å². The smallest absolute Gasteiger partial charge is 0.225 e. The van der Waals surface area contributed by atoms with Crippen molar-refractivity contribution >= 4 is 11.8 Å². The van der Waals surface area contributed by atoms with Crippen LogP contribution in [0.3, 0.4) is 0 Å². The van der Waals surface area contributed by atoms with Gasteiger partial charge in [0.05, 0.1) is 12.5 Å². The minimum Gasteiger partial charge on any atom is -0.369 e. The van der Waals surface area contributed by atoms with Gasteiger partial charge in [0.1, 0.15) is 11.5 Å². The lowest BCUT2D eigenvalue weighted by atomic mass is 10.1. The summed E-state index contributed by atoms with van der Waals surface area (Å²) in [7, 11) is 0. The minimum absolute atomic E-state index is 0.0360. The van der Waals surface area contributed by atoms with E-state index in [1.54, 1.807) is 0 Å². The number of nitrogens with zero attached hydrogens (tertiary/aromatic N) is 3. The fourth-order valence-corrected chi connectivity index (χ4v) is 2.46. The van der Waals surface area contributed by atoms with Gasteiger partial charge in [0.25, 0.3) is 0 Å². The summed E-state index contributed by atoms with van der Waals surface area (Å²) in [5, 5.41) is 6.84. The molecule has 1 aromatic heterocycles. The van der Waals surface area contributed by atoms with Gasteiger partial charge in [-0.15, -0.1) is 0 Å². The molecule has 0 unspecified atom stereocenters. The highest BCUT2D eigenvalue weighted by atomic mass is 19.1. The van der Waals surface area contributed by atoms with Crippen molar-refractivity contribution in [1.82, 2.24) is 20.1 Å². The van der Waals surface area contributed by atoms with Gasteiger partial charge in [-0.2, -0.15) is 5.10 Å². The summed E-state index contributed by atoms with van der Waals surface area (Å²) >= 11 is 0. The van der Waals surface area contributed by atoms with Crippen LogP contribution in [0.5, 0.6) is 0 Å². The molecule has 0 aliphatic carbocycles. The normalized spacial score (nSPS) is 12.0. The highest BCUT2D eigenvalue weighted by Gasteiger charge is 2.23. The van der Waals surface area contributed by atoms with Crippen LogP contribution in [-0.4, -0.2) is 26.6 Å². The molecule has 7 nitrogen and oxygen atoms in total. The Morgan fingerprint density at radius 3 is 2.64 bits per heavy atom. The number of carbonyl (C=O) groups is 2. The SMILES string of the molecule is CCC[C@H](NC(C)=O)c1nc(CC(N)=O)nn1-c1ccc(F)cc1F. The van der Waals surface area contributed by atoms with Crippen molar-refractivity contribution in [3.63, 3.8) is 0 Å². The molecule has 0 radical (unpaired) electrons. The Hall–Kier alpha value is -2.84. The second-order valence-electron chi connectivity index (χ2n) is 5.58. The second kappa shape index (κ2) is 7.82. The van der Waals surface area contributed by atoms with Crippen LogP contribution in [0.1, 0.15) is 44.4 Å². The molecule has 1 aromatic carbocycles. The Morgan fingerprint density at radius 2 is 2.08 bits per heavy atom. The van der Waals surface area contributed by atoms with Crippen molar-refractivity contribution in [2.24, 2.45) is 5.73 Å². The third kappa shape index (κ3) is 4.59. The van der Waals surface area contributed by atoms with Crippen LogP contribution in [0.4, 0.5) is 8.78 Å². The third-order valence-corrected chi connectivity index (χ3v) is 3.41. The molecule has 1 atom stereocenters. The molecule has 3 N–H and O–H groups in total. The van der Waals surface area contributed by atoms with Crippen molar-refractivity contribution in [3.05, 3.63) is 41.5 Å². The predicted octanol–water partition coefficient (Wildman–Crippen LogP) is 1.55. The molecule has 25 heavy (non-hydrogen) atoms. The van der Waals surface area contributed by atoms with E-state index in [4.69, 9.17) is 5.73 Å². The summed E-state index contributed by atoms with van der Waals surface area (Å²) in [5.74, 6) is -2.16. The van der Waals surface area contributed by atoms with E-state index in [0.29, 0.717) is 6.42 Å². The quantitative estimate of drug-likeness (QED) is 0.790. The molecular formula is C16H19F2N5O2. The van der Waals surface area contributed by atoms with Gasteiger partial charge in [0, 0.05) is 13.0 Å². The number of nitrogens with one attached hydrogen (secondary N) is 1. The molecule has 0 spiro atoms. The number of halogens is 2. The molecule has 134 valence electrons. The van der Waals surface area contributed by atoms with E-state index in [2.05, 4.69) is 15.4 Å². The molecule has 0 saturated carbocycles. The van der Waals surface area contributed by atoms with Gasteiger partial charge in [-0.1, -0.05) is 13.3 Å². The first-order chi connectivity index (χ1) is 11.8. The molecule has 1 heterocycles. The predicted molar refractivity (Wildman–Crippen MR) is 85.6 cm³/mol. The topological polar surface area (TPSA) is 103 Å². The first-order valence-electron chi connectivity index (χ1n) is 7.78. The number of amides is 2. The second-order valence-corrected chi connectivity index (χ2v) is 5.58. The van der Waals surface area contributed by atoms with Gasteiger partial charge in [-0.3, -0.25) is 9.59 Å². The number of primary amides is 1. The van der Waals surface area contributed by atoms with Gasteiger partial charge in [-0.25, -0.2) is 18.4 Å². The molecule has 2 amide bonds. The largest absolute Gasteiger partial charge is 0.369 e. The van der Waals surface area contributed by atoms with E-state index in [-0.39, 0.29) is 29.7 Å². The summed E-state index contributed by atoms with van der Waals surface area (Å²) < 4.78 is 28.6. The number of benzene rings is 1. The maximum Gasteiger partial charge on any atom is 0.225 e. The Labute approximate surface area is 143 Å². The highest BCUT2D eigenvalue weighted by molar-refractivity contribution is 5.75. The summed E-state index contributed by atoms with van der Waals surface area (Å²) in [6, 6.07) is 2.49. The zero-order valence-electron chi connectivity index (χ0n) is 13.9. The average Bonchev–Trinajstić information content (AvgIpc) is 2.89. The maximum absolute atomic E-state index is 14.2. The van der Waals surface area contributed by atoms with Crippen LogP contribution < -0.4 is 11.1 Å². The van der Waals surface area contributed by atoms with E-state index in [0.717, 1.165) is 18.6 Å². The molecule has 0 fully saturated rings. The minimum atomic E-state index is -0.838.